The van der Waals surface area contributed by atoms with E-state index in [4.69, 9.17) is 15.1 Å². The summed E-state index contributed by atoms with van der Waals surface area (Å²) < 4.78 is 5.61. The molecule has 0 fully saturated rings. The zero-order chi connectivity index (χ0) is 14.7. The minimum Gasteiger partial charge on any atom is -0.478 e. The van der Waals surface area contributed by atoms with Crippen LogP contribution in [-0.4, -0.2) is 16.1 Å². The molecule has 0 spiro atoms. The lowest BCUT2D eigenvalue weighted by Crippen LogP contribution is -2.02. The number of ether oxygens (including phenoxy) is 1. The number of hydrogen-bond donors (Lipinski definition) is 1. The SMILES string of the molecule is Cc1ccnc(Oc2cccc(C(=O)O)c2C)c1C#N. The Morgan fingerprint density at radius 1 is 1.35 bits per heavy atom. The van der Waals surface area contributed by atoms with E-state index >= 15 is 0 Å². The average molecular weight is 268 g/mol. The van der Waals surface area contributed by atoms with E-state index in [2.05, 4.69) is 4.98 Å². The van der Waals surface area contributed by atoms with Gasteiger partial charge in [-0.1, -0.05) is 6.07 Å². The second-order valence-corrected chi connectivity index (χ2v) is 4.26. The highest BCUT2D eigenvalue weighted by Gasteiger charge is 2.14. The van der Waals surface area contributed by atoms with Crippen molar-refractivity contribution < 1.29 is 14.6 Å². The fourth-order valence-corrected chi connectivity index (χ4v) is 1.81. The molecule has 0 aliphatic carbocycles. The number of aromatic carboxylic acids is 1. The summed E-state index contributed by atoms with van der Waals surface area (Å²) in [5, 5.41) is 18.2. The van der Waals surface area contributed by atoms with Crippen molar-refractivity contribution in [2.45, 2.75) is 13.8 Å². The number of benzene rings is 1. The molecule has 0 radical (unpaired) electrons. The normalized spacial score (nSPS) is 9.85. The predicted octanol–water partition coefficient (Wildman–Crippen LogP) is 3.06. The van der Waals surface area contributed by atoms with Crippen LogP contribution in [0.25, 0.3) is 0 Å². The Bertz CT molecular complexity index is 718. The molecule has 20 heavy (non-hydrogen) atoms. The molecule has 1 heterocycles. The van der Waals surface area contributed by atoms with Crippen LogP contribution in [-0.2, 0) is 0 Å². The maximum Gasteiger partial charge on any atom is 0.336 e. The van der Waals surface area contributed by atoms with Crippen LogP contribution in [0.15, 0.2) is 30.5 Å². The van der Waals surface area contributed by atoms with Crippen LogP contribution in [0.1, 0.15) is 27.0 Å². The van der Waals surface area contributed by atoms with E-state index in [1.54, 1.807) is 38.2 Å². The molecule has 5 nitrogen and oxygen atoms in total. The number of nitriles is 1. The molecule has 0 bridgehead atoms. The molecule has 100 valence electrons. The number of carboxylic acid groups (broad SMARTS) is 1. The van der Waals surface area contributed by atoms with Gasteiger partial charge in [0, 0.05) is 11.8 Å². The fourth-order valence-electron chi connectivity index (χ4n) is 1.81. The predicted molar refractivity (Wildman–Crippen MR) is 71.9 cm³/mol. The number of nitrogens with zero attached hydrogens (tertiary/aromatic N) is 2. The lowest BCUT2D eigenvalue weighted by atomic mass is 10.1. The van der Waals surface area contributed by atoms with E-state index in [1.165, 1.54) is 6.07 Å². The molecule has 2 rings (SSSR count). The van der Waals surface area contributed by atoms with Crippen LogP contribution in [0.2, 0.25) is 0 Å². The van der Waals surface area contributed by atoms with E-state index < -0.39 is 5.97 Å². The Morgan fingerprint density at radius 2 is 2.10 bits per heavy atom. The summed E-state index contributed by atoms with van der Waals surface area (Å²) >= 11 is 0. The molecule has 5 heteroatoms. The van der Waals surface area contributed by atoms with Gasteiger partial charge in [0.25, 0.3) is 0 Å². The van der Waals surface area contributed by atoms with E-state index in [1.807, 2.05) is 6.07 Å². The maximum absolute atomic E-state index is 11.1. The third-order valence-electron chi connectivity index (χ3n) is 2.96. The van der Waals surface area contributed by atoms with E-state index in [0.29, 0.717) is 16.9 Å². The number of rotatable bonds is 3. The number of hydrogen-bond acceptors (Lipinski definition) is 4. The molecular weight excluding hydrogens is 256 g/mol. The Labute approximate surface area is 116 Å². The monoisotopic (exact) mass is 268 g/mol. The molecule has 1 aromatic carbocycles. The first-order valence-corrected chi connectivity index (χ1v) is 5.91. The van der Waals surface area contributed by atoms with Crippen molar-refractivity contribution in [2.75, 3.05) is 0 Å². The van der Waals surface area contributed by atoms with Crippen LogP contribution >= 0.6 is 0 Å². The average Bonchev–Trinajstić information content (AvgIpc) is 2.41. The Balaban J connectivity index is 2.47. The second-order valence-electron chi connectivity index (χ2n) is 4.26. The summed E-state index contributed by atoms with van der Waals surface area (Å²) in [5.41, 5.74) is 1.75. The molecule has 0 aliphatic heterocycles. The molecule has 0 atom stereocenters. The molecule has 2 aromatic rings. The lowest BCUT2D eigenvalue weighted by Gasteiger charge is -2.11. The van der Waals surface area contributed by atoms with Crippen LogP contribution in [0.3, 0.4) is 0 Å². The number of carboxylic acids is 1. The minimum atomic E-state index is -1.02. The summed E-state index contributed by atoms with van der Waals surface area (Å²) in [7, 11) is 0. The van der Waals surface area contributed by atoms with E-state index in [-0.39, 0.29) is 11.4 Å². The second kappa shape index (κ2) is 5.41. The Kier molecular flexibility index (Phi) is 3.67. The van der Waals surface area contributed by atoms with Crippen LogP contribution < -0.4 is 4.74 Å². The van der Waals surface area contributed by atoms with Gasteiger partial charge in [0.2, 0.25) is 5.88 Å². The standard InChI is InChI=1S/C15H12N2O3/c1-9-6-7-17-14(12(9)8-16)20-13-5-3-4-11(10(13)2)15(18)19/h3-7H,1-2H3,(H,18,19). The van der Waals surface area contributed by atoms with Gasteiger partial charge in [0.05, 0.1) is 5.56 Å². The zero-order valence-electron chi connectivity index (χ0n) is 11.0. The molecule has 0 saturated heterocycles. The van der Waals surface area contributed by atoms with Crippen molar-refractivity contribution in [1.29, 1.82) is 5.26 Å². The van der Waals surface area contributed by atoms with E-state index in [9.17, 15) is 4.79 Å². The highest BCUT2D eigenvalue weighted by Crippen LogP contribution is 2.28. The Morgan fingerprint density at radius 3 is 2.75 bits per heavy atom. The van der Waals surface area contributed by atoms with Gasteiger partial charge in [-0.2, -0.15) is 5.26 Å². The third-order valence-corrected chi connectivity index (χ3v) is 2.96. The van der Waals surface area contributed by atoms with Crippen molar-refractivity contribution in [3.63, 3.8) is 0 Å². The van der Waals surface area contributed by atoms with Crippen molar-refractivity contribution in [3.05, 3.63) is 52.7 Å². The first kappa shape index (κ1) is 13.6. The number of aromatic nitrogens is 1. The van der Waals surface area contributed by atoms with Crippen molar-refractivity contribution in [2.24, 2.45) is 0 Å². The smallest absolute Gasteiger partial charge is 0.336 e. The van der Waals surface area contributed by atoms with Gasteiger partial charge in [-0.15, -0.1) is 0 Å². The lowest BCUT2D eigenvalue weighted by molar-refractivity contribution is 0.0695. The van der Waals surface area contributed by atoms with Gasteiger partial charge < -0.3 is 9.84 Å². The largest absolute Gasteiger partial charge is 0.478 e. The summed E-state index contributed by atoms with van der Waals surface area (Å²) in [4.78, 5) is 15.1. The topological polar surface area (TPSA) is 83.2 Å². The van der Waals surface area contributed by atoms with Crippen molar-refractivity contribution in [1.82, 2.24) is 4.98 Å². The van der Waals surface area contributed by atoms with Gasteiger partial charge in [-0.05, 0) is 37.6 Å². The summed E-state index contributed by atoms with van der Waals surface area (Å²) in [6.07, 6.45) is 1.54. The molecule has 0 saturated carbocycles. The third kappa shape index (κ3) is 2.45. The minimum absolute atomic E-state index is 0.161. The highest BCUT2D eigenvalue weighted by atomic mass is 16.5. The van der Waals surface area contributed by atoms with Crippen molar-refractivity contribution >= 4 is 5.97 Å². The Hall–Kier alpha value is -2.87. The van der Waals surface area contributed by atoms with E-state index in [0.717, 1.165) is 5.56 Å². The molecule has 1 aromatic heterocycles. The van der Waals surface area contributed by atoms with Gasteiger partial charge in [-0.25, -0.2) is 9.78 Å². The number of pyridine rings is 1. The molecule has 0 amide bonds. The van der Waals surface area contributed by atoms with Gasteiger partial charge in [0.1, 0.15) is 17.4 Å². The highest BCUT2D eigenvalue weighted by molar-refractivity contribution is 5.90. The number of aryl methyl sites for hydroxylation is 1. The number of carbonyl (C=O) groups is 1. The molecule has 0 unspecified atom stereocenters. The fraction of sp³-hybridized carbons (Fsp3) is 0.133. The first-order valence-electron chi connectivity index (χ1n) is 5.91. The maximum atomic E-state index is 11.1. The first-order chi connectivity index (χ1) is 9.54. The summed E-state index contributed by atoms with van der Waals surface area (Å²) in [5.74, 6) is -0.469. The summed E-state index contributed by atoms with van der Waals surface area (Å²) in [6, 6.07) is 8.49. The molecule has 0 aliphatic rings. The summed E-state index contributed by atoms with van der Waals surface area (Å²) in [6.45, 7) is 3.44. The van der Waals surface area contributed by atoms with Gasteiger partial charge in [-0.3, -0.25) is 0 Å². The van der Waals surface area contributed by atoms with Crippen LogP contribution in [0.4, 0.5) is 0 Å². The van der Waals surface area contributed by atoms with Crippen LogP contribution in [0.5, 0.6) is 11.6 Å². The van der Waals surface area contributed by atoms with Gasteiger partial charge >= 0.3 is 5.97 Å². The van der Waals surface area contributed by atoms with Crippen LogP contribution in [0, 0.1) is 25.2 Å². The quantitative estimate of drug-likeness (QED) is 0.924. The van der Waals surface area contributed by atoms with Gasteiger partial charge in [0.15, 0.2) is 0 Å². The molecule has 1 N–H and O–H groups in total. The van der Waals surface area contributed by atoms with Crippen molar-refractivity contribution in [3.8, 4) is 17.7 Å². The molecular formula is C15H12N2O3. The zero-order valence-corrected chi connectivity index (χ0v) is 11.0.